The van der Waals surface area contributed by atoms with E-state index in [4.69, 9.17) is 9.84 Å². The van der Waals surface area contributed by atoms with Gasteiger partial charge in [0.15, 0.2) is 0 Å². The van der Waals surface area contributed by atoms with E-state index in [1.165, 1.54) is 12.8 Å². The van der Waals surface area contributed by atoms with E-state index in [0.717, 1.165) is 18.5 Å². The summed E-state index contributed by atoms with van der Waals surface area (Å²) in [6, 6.07) is 0.720. The maximum atomic E-state index is 8.42. The van der Waals surface area contributed by atoms with Gasteiger partial charge in [0.05, 0.1) is 19.8 Å². The van der Waals surface area contributed by atoms with Crippen LogP contribution >= 0.6 is 0 Å². The second-order valence-electron chi connectivity index (χ2n) is 3.56. The van der Waals surface area contributed by atoms with Crippen molar-refractivity contribution >= 4 is 0 Å². The largest absolute Gasteiger partial charge is 0.394 e. The van der Waals surface area contributed by atoms with E-state index in [1.54, 1.807) is 0 Å². The molecule has 1 fully saturated rings. The Hall–Kier alpha value is -0.120. The minimum atomic E-state index is 0.125. The van der Waals surface area contributed by atoms with Gasteiger partial charge in [0.2, 0.25) is 0 Å². The Balaban J connectivity index is 1.77. The molecular formula is C9H19NO2. The first-order valence-electron chi connectivity index (χ1n) is 4.75. The van der Waals surface area contributed by atoms with Gasteiger partial charge in [0.1, 0.15) is 0 Å². The smallest absolute Gasteiger partial charge is 0.0698 e. The highest BCUT2D eigenvalue weighted by molar-refractivity contribution is 4.81. The van der Waals surface area contributed by atoms with Crippen LogP contribution in [0.1, 0.15) is 19.8 Å². The Morgan fingerprint density at radius 2 is 2.17 bits per heavy atom. The standard InChI is InChI=1S/C9H19NO2/c1-8-6-9(7-8)10-2-4-12-5-3-11/h8-11H,2-7H2,1H3. The van der Waals surface area contributed by atoms with Gasteiger partial charge in [0, 0.05) is 12.6 Å². The van der Waals surface area contributed by atoms with Crippen molar-refractivity contribution in [3.05, 3.63) is 0 Å². The molecule has 0 spiro atoms. The Morgan fingerprint density at radius 1 is 1.42 bits per heavy atom. The molecule has 0 aromatic rings. The van der Waals surface area contributed by atoms with E-state index in [-0.39, 0.29) is 6.61 Å². The second kappa shape index (κ2) is 5.51. The molecule has 12 heavy (non-hydrogen) atoms. The van der Waals surface area contributed by atoms with Crippen LogP contribution in [0.2, 0.25) is 0 Å². The van der Waals surface area contributed by atoms with Crippen molar-refractivity contribution in [3.63, 3.8) is 0 Å². The number of ether oxygens (including phenoxy) is 1. The van der Waals surface area contributed by atoms with Gasteiger partial charge in [-0.2, -0.15) is 0 Å². The Labute approximate surface area is 74.1 Å². The molecule has 0 amide bonds. The third-order valence-corrected chi connectivity index (χ3v) is 2.29. The van der Waals surface area contributed by atoms with E-state index in [2.05, 4.69) is 12.2 Å². The summed E-state index contributed by atoms with van der Waals surface area (Å²) in [5.74, 6) is 0.904. The monoisotopic (exact) mass is 173 g/mol. The molecule has 0 radical (unpaired) electrons. The van der Waals surface area contributed by atoms with Gasteiger partial charge in [-0.1, -0.05) is 6.92 Å². The molecule has 72 valence electrons. The van der Waals surface area contributed by atoms with Crippen LogP contribution in [-0.4, -0.2) is 37.5 Å². The number of hydrogen-bond donors (Lipinski definition) is 2. The summed E-state index contributed by atoms with van der Waals surface area (Å²) < 4.78 is 5.12. The molecule has 0 heterocycles. The number of aliphatic hydroxyl groups is 1. The van der Waals surface area contributed by atoms with Crippen LogP contribution < -0.4 is 5.32 Å². The number of rotatable bonds is 6. The average Bonchev–Trinajstić information content (AvgIpc) is 2.00. The molecule has 3 nitrogen and oxygen atoms in total. The highest BCUT2D eigenvalue weighted by Crippen LogP contribution is 2.25. The predicted molar refractivity (Wildman–Crippen MR) is 48.1 cm³/mol. The normalized spacial score (nSPS) is 28.5. The summed E-state index contributed by atoms with van der Waals surface area (Å²) in [5.41, 5.74) is 0. The summed E-state index contributed by atoms with van der Waals surface area (Å²) in [6.45, 7) is 4.49. The van der Waals surface area contributed by atoms with Crippen LogP contribution in [0.5, 0.6) is 0 Å². The minimum absolute atomic E-state index is 0.125. The topological polar surface area (TPSA) is 41.5 Å². The van der Waals surface area contributed by atoms with Gasteiger partial charge in [0.25, 0.3) is 0 Å². The van der Waals surface area contributed by atoms with Crippen molar-refractivity contribution < 1.29 is 9.84 Å². The second-order valence-corrected chi connectivity index (χ2v) is 3.56. The molecular weight excluding hydrogens is 154 g/mol. The fourth-order valence-corrected chi connectivity index (χ4v) is 1.57. The Morgan fingerprint density at radius 3 is 2.75 bits per heavy atom. The quantitative estimate of drug-likeness (QED) is 0.571. The number of nitrogens with one attached hydrogen (secondary N) is 1. The van der Waals surface area contributed by atoms with Crippen molar-refractivity contribution in [2.45, 2.75) is 25.8 Å². The lowest BCUT2D eigenvalue weighted by molar-refractivity contribution is 0.0889. The molecule has 1 saturated carbocycles. The summed E-state index contributed by atoms with van der Waals surface area (Å²) in [4.78, 5) is 0. The van der Waals surface area contributed by atoms with Crippen LogP contribution in [0, 0.1) is 5.92 Å². The maximum absolute atomic E-state index is 8.42. The zero-order chi connectivity index (χ0) is 8.81. The van der Waals surface area contributed by atoms with Gasteiger partial charge in [-0.05, 0) is 18.8 Å². The van der Waals surface area contributed by atoms with Crippen molar-refractivity contribution in [2.75, 3.05) is 26.4 Å². The fourth-order valence-electron chi connectivity index (χ4n) is 1.57. The molecule has 0 aromatic carbocycles. The molecule has 1 rings (SSSR count). The van der Waals surface area contributed by atoms with Gasteiger partial charge in [-0.15, -0.1) is 0 Å². The lowest BCUT2D eigenvalue weighted by Gasteiger charge is -2.33. The molecule has 0 saturated heterocycles. The zero-order valence-corrected chi connectivity index (χ0v) is 7.75. The van der Waals surface area contributed by atoms with Gasteiger partial charge in [-0.25, -0.2) is 0 Å². The first-order chi connectivity index (χ1) is 5.83. The fraction of sp³-hybridized carbons (Fsp3) is 1.00. The summed E-state index contributed by atoms with van der Waals surface area (Å²) in [7, 11) is 0. The van der Waals surface area contributed by atoms with E-state index < -0.39 is 0 Å². The van der Waals surface area contributed by atoms with E-state index in [1.807, 2.05) is 0 Å². The van der Waals surface area contributed by atoms with Crippen LogP contribution in [0.4, 0.5) is 0 Å². The highest BCUT2D eigenvalue weighted by Gasteiger charge is 2.23. The van der Waals surface area contributed by atoms with Gasteiger partial charge >= 0.3 is 0 Å². The molecule has 0 aromatic heterocycles. The third kappa shape index (κ3) is 3.52. The lowest BCUT2D eigenvalue weighted by Crippen LogP contribution is -2.41. The molecule has 0 aliphatic heterocycles. The summed E-state index contributed by atoms with van der Waals surface area (Å²) in [5, 5.41) is 11.8. The Bertz CT molecular complexity index is 113. The number of hydrogen-bond acceptors (Lipinski definition) is 3. The summed E-state index contributed by atoms with van der Waals surface area (Å²) >= 11 is 0. The highest BCUT2D eigenvalue weighted by atomic mass is 16.5. The molecule has 2 N–H and O–H groups in total. The van der Waals surface area contributed by atoms with E-state index >= 15 is 0 Å². The van der Waals surface area contributed by atoms with Crippen molar-refractivity contribution in [1.29, 1.82) is 0 Å². The Kier molecular flexibility index (Phi) is 4.58. The zero-order valence-electron chi connectivity index (χ0n) is 7.75. The first-order valence-corrected chi connectivity index (χ1v) is 4.75. The molecule has 1 aliphatic rings. The molecule has 1 aliphatic carbocycles. The van der Waals surface area contributed by atoms with Crippen LogP contribution in [0.15, 0.2) is 0 Å². The van der Waals surface area contributed by atoms with Gasteiger partial charge in [-0.3, -0.25) is 0 Å². The number of aliphatic hydroxyl groups excluding tert-OH is 1. The van der Waals surface area contributed by atoms with Crippen LogP contribution in [0.25, 0.3) is 0 Å². The van der Waals surface area contributed by atoms with Crippen molar-refractivity contribution in [1.82, 2.24) is 5.32 Å². The molecule has 0 bridgehead atoms. The van der Waals surface area contributed by atoms with E-state index in [9.17, 15) is 0 Å². The lowest BCUT2D eigenvalue weighted by atomic mass is 9.82. The van der Waals surface area contributed by atoms with Gasteiger partial charge < -0.3 is 15.2 Å². The van der Waals surface area contributed by atoms with Crippen LogP contribution in [0.3, 0.4) is 0 Å². The maximum Gasteiger partial charge on any atom is 0.0698 e. The van der Waals surface area contributed by atoms with Crippen molar-refractivity contribution in [2.24, 2.45) is 5.92 Å². The summed E-state index contributed by atoms with van der Waals surface area (Å²) in [6.07, 6.45) is 2.61. The predicted octanol–water partition coefficient (Wildman–Crippen LogP) is 0.383. The van der Waals surface area contributed by atoms with E-state index in [0.29, 0.717) is 13.2 Å². The minimum Gasteiger partial charge on any atom is -0.394 e. The molecule has 0 atom stereocenters. The SMILES string of the molecule is CC1CC(NCCOCCO)C1. The van der Waals surface area contributed by atoms with Crippen LogP contribution in [-0.2, 0) is 4.74 Å². The van der Waals surface area contributed by atoms with Crippen molar-refractivity contribution in [3.8, 4) is 0 Å². The third-order valence-electron chi connectivity index (χ3n) is 2.29. The average molecular weight is 173 g/mol. The first kappa shape index (κ1) is 9.96. The molecule has 3 heteroatoms. The molecule has 0 unspecified atom stereocenters.